The molecular formula is C23H35FIN7O. The van der Waals surface area contributed by atoms with Crippen LogP contribution in [0.1, 0.15) is 44.9 Å². The highest BCUT2D eigenvalue weighted by Crippen LogP contribution is 2.21. The quantitative estimate of drug-likeness (QED) is 0.164. The number of anilines is 1. The van der Waals surface area contributed by atoms with E-state index in [0.717, 1.165) is 25.3 Å². The molecule has 0 aliphatic rings. The first-order chi connectivity index (χ1) is 15.4. The van der Waals surface area contributed by atoms with Crippen LogP contribution in [0, 0.1) is 23.1 Å². The van der Waals surface area contributed by atoms with Crippen molar-refractivity contribution < 1.29 is 9.13 Å². The second kappa shape index (κ2) is 14.7. The molecular weight excluding hydrogens is 536 g/mol. The van der Waals surface area contributed by atoms with Crippen LogP contribution in [-0.2, 0) is 11.2 Å². The number of guanidine groups is 1. The van der Waals surface area contributed by atoms with Crippen molar-refractivity contribution in [2.24, 2.45) is 10.9 Å². The minimum atomic E-state index is -0.342. The largest absolute Gasteiger partial charge is 0.382 e. The molecule has 8 nitrogen and oxygen atoms in total. The van der Waals surface area contributed by atoms with Crippen molar-refractivity contribution in [1.29, 1.82) is 5.26 Å². The lowest BCUT2D eigenvalue weighted by Gasteiger charge is -2.21. The average molecular weight is 571 g/mol. The van der Waals surface area contributed by atoms with Gasteiger partial charge in [-0.2, -0.15) is 10.4 Å². The zero-order valence-electron chi connectivity index (χ0n) is 19.8. The molecule has 182 valence electrons. The predicted octanol–water partition coefficient (Wildman–Crippen LogP) is 3.63. The summed E-state index contributed by atoms with van der Waals surface area (Å²) in [6, 6.07) is 7.96. The van der Waals surface area contributed by atoms with E-state index in [4.69, 9.17) is 10.5 Å². The fourth-order valence-electron chi connectivity index (χ4n) is 3.39. The third-order valence-electron chi connectivity index (χ3n) is 5.13. The summed E-state index contributed by atoms with van der Waals surface area (Å²) in [5, 5.41) is 20.6. The fraction of sp³-hybridized carbons (Fsp3) is 0.522. The van der Waals surface area contributed by atoms with E-state index in [1.807, 2.05) is 6.92 Å². The zero-order valence-corrected chi connectivity index (χ0v) is 22.1. The Kier molecular flexibility index (Phi) is 12.8. The van der Waals surface area contributed by atoms with E-state index in [-0.39, 0.29) is 41.7 Å². The van der Waals surface area contributed by atoms with E-state index in [2.05, 4.69) is 40.6 Å². The average Bonchev–Trinajstić information content (AvgIpc) is 3.10. The van der Waals surface area contributed by atoms with Crippen LogP contribution >= 0.6 is 24.0 Å². The maximum atomic E-state index is 13.2. The Morgan fingerprint density at radius 2 is 1.94 bits per heavy atom. The molecule has 0 saturated heterocycles. The van der Waals surface area contributed by atoms with Gasteiger partial charge in [-0.3, -0.25) is 4.99 Å². The van der Waals surface area contributed by atoms with E-state index >= 15 is 0 Å². The number of aromatic nitrogens is 2. The molecule has 0 saturated carbocycles. The monoisotopic (exact) mass is 571 g/mol. The van der Waals surface area contributed by atoms with E-state index in [1.165, 1.54) is 16.8 Å². The van der Waals surface area contributed by atoms with E-state index in [1.54, 1.807) is 19.2 Å². The minimum absolute atomic E-state index is 0. The first-order valence-electron chi connectivity index (χ1n) is 11.0. The van der Waals surface area contributed by atoms with Crippen molar-refractivity contribution in [2.45, 2.75) is 46.1 Å². The van der Waals surface area contributed by atoms with Crippen molar-refractivity contribution >= 4 is 35.8 Å². The third kappa shape index (κ3) is 8.47. The van der Waals surface area contributed by atoms with Gasteiger partial charge in [0.15, 0.2) is 5.96 Å². The topological polar surface area (TPSA) is 113 Å². The Bertz CT molecular complexity index is 922. The smallest absolute Gasteiger partial charge is 0.190 e. The summed E-state index contributed by atoms with van der Waals surface area (Å²) in [4.78, 5) is 4.25. The molecule has 0 spiro atoms. The Labute approximate surface area is 212 Å². The molecule has 1 atom stereocenters. The van der Waals surface area contributed by atoms with Gasteiger partial charge in [-0.25, -0.2) is 9.07 Å². The van der Waals surface area contributed by atoms with Gasteiger partial charge < -0.3 is 21.1 Å². The summed E-state index contributed by atoms with van der Waals surface area (Å²) < 4.78 is 20.4. The van der Waals surface area contributed by atoms with Crippen LogP contribution in [0.25, 0.3) is 5.69 Å². The maximum absolute atomic E-state index is 13.2. The van der Waals surface area contributed by atoms with Crippen LogP contribution in [0.4, 0.5) is 10.2 Å². The lowest BCUT2D eigenvalue weighted by molar-refractivity contribution is 0.0258. The molecule has 33 heavy (non-hydrogen) atoms. The molecule has 0 aliphatic carbocycles. The molecule has 10 heteroatoms. The molecule has 1 heterocycles. The molecule has 1 aromatic carbocycles. The summed E-state index contributed by atoms with van der Waals surface area (Å²) in [5.41, 5.74) is 7.70. The number of nitrogens with one attached hydrogen (secondary N) is 2. The SMILES string of the molecule is CCOC(CCNC(=NC)NCCCc1nn(-c2ccc(F)cc2)c(N)c1C#N)C(C)C.I. The number of nitrogens with two attached hydrogens (primary N) is 1. The second-order valence-electron chi connectivity index (χ2n) is 7.76. The lowest BCUT2D eigenvalue weighted by Crippen LogP contribution is -2.39. The maximum Gasteiger partial charge on any atom is 0.190 e. The van der Waals surface area contributed by atoms with Gasteiger partial charge in [-0.15, -0.1) is 24.0 Å². The first-order valence-corrected chi connectivity index (χ1v) is 11.0. The Balaban J connectivity index is 0.00000544. The summed E-state index contributed by atoms with van der Waals surface area (Å²) in [6.07, 6.45) is 2.43. The fourth-order valence-corrected chi connectivity index (χ4v) is 3.39. The number of rotatable bonds is 11. The van der Waals surface area contributed by atoms with Crippen LogP contribution in [0.2, 0.25) is 0 Å². The highest BCUT2D eigenvalue weighted by molar-refractivity contribution is 14.0. The van der Waals surface area contributed by atoms with Gasteiger partial charge in [0.25, 0.3) is 0 Å². The minimum Gasteiger partial charge on any atom is -0.382 e. The molecule has 0 amide bonds. The number of hydrogen-bond acceptors (Lipinski definition) is 5. The van der Waals surface area contributed by atoms with Crippen LogP contribution in [0.5, 0.6) is 0 Å². The van der Waals surface area contributed by atoms with Gasteiger partial charge >= 0.3 is 0 Å². The van der Waals surface area contributed by atoms with E-state index in [9.17, 15) is 9.65 Å². The van der Waals surface area contributed by atoms with Crippen LogP contribution in [0.3, 0.4) is 0 Å². The van der Waals surface area contributed by atoms with E-state index in [0.29, 0.717) is 42.4 Å². The number of ether oxygens (including phenoxy) is 1. The molecule has 0 aliphatic heterocycles. The van der Waals surface area contributed by atoms with Gasteiger partial charge in [-0.1, -0.05) is 13.8 Å². The molecule has 1 aromatic heterocycles. The molecule has 0 radical (unpaired) electrons. The Morgan fingerprint density at radius 3 is 2.52 bits per heavy atom. The highest BCUT2D eigenvalue weighted by atomic mass is 127. The van der Waals surface area contributed by atoms with Crippen LogP contribution in [-0.4, -0.2) is 48.6 Å². The summed E-state index contributed by atoms with van der Waals surface area (Å²) in [7, 11) is 1.73. The predicted molar refractivity (Wildman–Crippen MR) is 141 cm³/mol. The number of aryl methyl sites for hydroxylation is 1. The normalized spacial score (nSPS) is 12.2. The number of nitrogen functional groups attached to an aromatic ring is 1. The number of hydrogen-bond donors (Lipinski definition) is 3. The molecule has 0 fully saturated rings. The number of nitrogens with zero attached hydrogens (tertiary/aromatic N) is 4. The highest BCUT2D eigenvalue weighted by Gasteiger charge is 2.16. The van der Waals surface area contributed by atoms with Crippen molar-refractivity contribution in [2.75, 3.05) is 32.5 Å². The van der Waals surface area contributed by atoms with Crippen LogP contribution in [0.15, 0.2) is 29.3 Å². The van der Waals surface area contributed by atoms with Gasteiger partial charge in [0.05, 0.1) is 17.5 Å². The molecule has 0 bridgehead atoms. The van der Waals surface area contributed by atoms with Crippen molar-refractivity contribution in [3.63, 3.8) is 0 Å². The number of aliphatic imine (C=N–C) groups is 1. The molecule has 2 aromatic rings. The number of nitriles is 1. The number of halogens is 2. The molecule has 2 rings (SSSR count). The first kappa shape index (κ1) is 28.6. The standard InChI is InChI=1S/C23H34FN7O.HI/c1-5-32-21(16(2)3)12-14-29-23(27-4)28-13-6-7-20-19(15-25)22(26)31(30-20)18-10-8-17(24)9-11-18;/h8-11,16,21H,5-7,12-14,26H2,1-4H3,(H2,27,28,29);1H. The van der Waals surface area contributed by atoms with E-state index < -0.39 is 0 Å². The van der Waals surface area contributed by atoms with Crippen molar-refractivity contribution in [3.8, 4) is 11.8 Å². The summed E-state index contributed by atoms with van der Waals surface area (Å²) in [5.74, 6) is 1.10. The van der Waals surface area contributed by atoms with Gasteiger partial charge in [0, 0.05) is 26.7 Å². The Morgan fingerprint density at radius 1 is 1.27 bits per heavy atom. The third-order valence-corrected chi connectivity index (χ3v) is 5.13. The van der Waals surface area contributed by atoms with Gasteiger partial charge in [-0.05, 0) is 56.4 Å². The van der Waals surface area contributed by atoms with Gasteiger partial charge in [0.1, 0.15) is 23.3 Å². The van der Waals surface area contributed by atoms with Crippen molar-refractivity contribution in [1.82, 2.24) is 20.4 Å². The summed E-state index contributed by atoms with van der Waals surface area (Å²) in [6.45, 7) is 8.46. The van der Waals surface area contributed by atoms with Crippen LogP contribution < -0.4 is 16.4 Å². The zero-order chi connectivity index (χ0) is 23.5. The number of benzene rings is 1. The lowest BCUT2D eigenvalue weighted by atomic mass is 10.0. The second-order valence-corrected chi connectivity index (χ2v) is 7.76. The Hall–Kier alpha value is -2.39. The molecule has 1 unspecified atom stereocenters. The molecule has 4 N–H and O–H groups in total. The van der Waals surface area contributed by atoms with Gasteiger partial charge in [0.2, 0.25) is 0 Å². The summed E-state index contributed by atoms with van der Waals surface area (Å²) >= 11 is 0. The van der Waals surface area contributed by atoms with Crippen molar-refractivity contribution in [3.05, 3.63) is 41.3 Å².